The SMILES string of the molecule is Cc1nn(C)c(C)c1-c1cccc2c1C[C@@H](N(C)C)CC2. The fourth-order valence-electron chi connectivity index (χ4n) is 3.61. The lowest BCUT2D eigenvalue weighted by molar-refractivity contribution is 0.268. The maximum Gasteiger partial charge on any atom is 0.0674 e. The number of fused-ring (bicyclic) bond motifs is 1. The molecule has 0 aliphatic heterocycles. The van der Waals surface area contributed by atoms with E-state index in [-0.39, 0.29) is 0 Å². The van der Waals surface area contributed by atoms with Gasteiger partial charge in [-0.05, 0) is 63.9 Å². The number of aryl methyl sites for hydroxylation is 3. The van der Waals surface area contributed by atoms with Crippen molar-refractivity contribution in [2.24, 2.45) is 7.05 Å². The van der Waals surface area contributed by atoms with Gasteiger partial charge in [-0.3, -0.25) is 4.68 Å². The molecule has 3 heteroatoms. The van der Waals surface area contributed by atoms with E-state index >= 15 is 0 Å². The van der Waals surface area contributed by atoms with Crippen LogP contribution in [0.5, 0.6) is 0 Å². The van der Waals surface area contributed by atoms with Crippen molar-refractivity contribution < 1.29 is 0 Å². The van der Waals surface area contributed by atoms with Crippen molar-refractivity contribution in [1.82, 2.24) is 14.7 Å². The van der Waals surface area contributed by atoms with Crippen LogP contribution in [-0.2, 0) is 19.9 Å². The zero-order valence-electron chi connectivity index (χ0n) is 13.8. The van der Waals surface area contributed by atoms with Gasteiger partial charge in [0, 0.05) is 24.3 Å². The lowest BCUT2D eigenvalue weighted by atomic mass is 9.82. The maximum absolute atomic E-state index is 4.60. The molecule has 0 saturated heterocycles. The first-order valence-electron chi connectivity index (χ1n) is 7.76. The van der Waals surface area contributed by atoms with Gasteiger partial charge in [0.2, 0.25) is 0 Å². The van der Waals surface area contributed by atoms with Crippen LogP contribution < -0.4 is 0 Å². The van der Waals surface area contributed by atoms with Gasteiger partial charge in [-0.1, -0.05) is 18.2 Å². The molecule has 0 N–H and O–H groups in total. The Kier molecular flexibility index (Phi) is 3.62. The van der Waals surface area contributed by atoms with Gasteiger partial charge in [0.15, 0.2) is 0 Å². The van der Waals surface area contributed by atoms with Crippen molar-refractivity contribution in [1.29, 1.82) is 0 Å². The molecule has 1 heterocycles. The minimum atomic E-state index is 0.649. The molecule has 0 bridgehead atoms. The number of nitrogens with zero attached hydrogens (tertiary/aromatic N) is 3. The van der Waals surface area contributed by atoms with Gasteiger partial charge in [-0.25, -0.2) is 0 Å². The van der Waals surface area contributed by atoms with E-state index in [1.165, 1.54) is 40.8 Å². The Bertz CT molecular complexity index is 667. The number of likely N-dealkylation sites (N-methyl/N-ethyl adjacent to an activating group) is 1. The van der Waals surface area contributed by atoms with Crippen LogP contribution in [0.2, 0.25) is 0 Å². The van der Waals surface area contributed by atoms with E-state index < -0.39 is 0 Å². The summed E-state index contributed by atoms with van der Waals surface area (Å²) in [5.74, 6) is 0. The first-order chi connectivity index (χ1) is 9.99. The lowest BCUT2D eigenvalue weighted by Crippen LogP contribution is -2.33. The van der Waals surface area contributed by atoms with Crippen molar-refractivity contribution in [3.63, 3.8) is 0 Å². The zero-order valence-corrected chi connectivity index (χ0v) is 13.8. The van der Waals surface area contributed by atoms with E-state index in [2.05, 4.69) is 56.1 Å². The second-order valence-electron chi connectivity index (χ2n) is 6.47. The Balaban J connectivity index is 2.13. The average Bonchev–Trinajstić information content (AvgIpc) is 2.71. The topological polar surface area (TPSA) is 21.1 Å². The molecule has 21 heavy (non-hydrogen) atoms. The van der Waals surface area contributed by atoms with Crippen molar-refractivity contribution in [2.75, 3.05) is 14.1 Å². The third kappa shape index (κ3) is 2.40. The van der Waals surface area contributed by atoms with E-state index in [0.717, 1.165) is 12.1 Å². The highest BCUT2D eigenvalue weighted by molar-refractivity contribution is 5.73. The molecule has 1 aromatic carbocycles. The first-order valence-corrected chi connectivity index (χ1v) is 7.76. The Hall–Kier alpha value is -1.61. The molecule has 0 unspecified atom stereocenters. The molecule has 0 radical (unpaired) electrons. The number of rotatable bonds is 2. The molecule has 112 valence electrons. The minimum absolute atomic E-state index is 0.649. The second kappa shape index (κ2) is 5.30. The summed E-state index contributed by atoms with van der Waals surface area (Å²) in [6.45, 7) is 4.29. The summed E-state index contributed by atoms with van der Waals surface area (Å²) in [6, 6.07) is 7.42. The van der Waals surface area contributed by atoms with Gasteiger partial charge >= 0.3 is 0 Å². The molecule has 1 atom stereocenters. The molecule has 0 amide bonds. The number of aromatic nitrogens is 2. The summed E-state index contributed by atoms with van der Waals surface area (Å²) >= 11 is 0. The Morgan fingerprint density at radius 3 is 2.62 bits per heavy atom. The van der Waals surface area contributed by atoms with Crippen LogP contribution in [0.4, 0.5) is 0 Å². The lowest BCUT2D eigenvalue weighted by Gasteiger charge is -2.31. The van der Waals surface area contributed by atoms with Crippen LogP contribution in [0.25, 0.3) is 11.1 Å². The van der Waals surface area contributed by atoms with E-state index in [9.17, 15) is 0 Å². The van der Waals surface area contributed by atoms with Gasteiger partial charge in [0.05, 0.1) is 5.69 Å². The minimum Gasteiger partial charge on any atom is -0.306 e. The molecule has 1 aliphatic carbocycles. The second-order valence-corrected chi connectivity index (χ2v) is 6.47. The molecular weight excluding hydrogens is 258 g/mol. The first kappa shape index (κ1) is 14.3. The van der Waals surface area contributed by atoms with Gasteiger partial charge < -0.3 is 4.90 Å². The largest absolute Gasteiger partial charge is 0.306 e. The van der Waals surface area contributed by atoms with Gasteiger partial charge in [-0.15, -0.1) is 0 Å². The Labute approximate surface area is 127 Å². The molecule has 2 aromatic rings. The normalized spacial score (nSPS) is 18.1. The summed E-state index contributed by atoms with van der Waals surface area (Å²) in [7, 11) is 6.42. The number of hydrogen-bond acceptors (Lipinski definition) is 2. The van der Waals surface area contributed by atoms with Crippen molar-refractivity contribution in [3.05, 3.63) is 40.7 Å². The Morgan fingerprint density at radius 2 is 2.00 bits per heavy atom. The monoisotopic (exact) mass is 283 g/mol. The molecule has 3 nitrogen and oxygen atoms in total. The van der Waals surface area contributed by atoms with E-state index in [1.807, 2.05) is 11.7 Å². The molecule has 0 spiro atoms. The van der Waals surface area contributed by atoms with Gasteiger partial charge in [-0.2, -0.15) is 5.10 Å². The summed E-state index contributed by atoms with van der Waals surface area (Å²) in [5.41, 5.74) is 8.16. The van der Waals surface area contributed by atoms with E-state index in [4.69, 9.17) is 0 Å². The fraction of sp³-hybridized carbons (Fsp3) is 0.500. The quantitative estimate of drug-likeness (QED) is 0.844. The van der Waals surface area contributed by atoms with Crippen LogP contribution in [-0.4, -0.2) is 34.8 Å². The summed E-state index contributed by atoms with van der Waals surface area (Å²) in [6.07, 6.45) is 3.59. The molecule has 1 aliphatic rings. The highest BCUT2D eigenvalue weighted by Crippen LogP contribution is 2.35. The van der Waals surface area contributed by atoms with Gasteiger partial charge in [0.1, 0.15) is 0 Å². The summed E-state index contributed by atoms with van der Waals surface area (Å²) < 4.78 is 2.00. The molecule has 0 fully saturated rings. The van der Waals surface area contributed by atoms with Crippen LogP contribution in [0.15, 0.2) is 18.2 Å². The summed E-state index contributed by atoms with van der Waals surface area (Å²) in [5, 5.41) is 4.60. The highest BCUT2D eigenvalue weighted by atomic mass is 15.3. The van der Waals surface area contributed by atoms with Crippen LogP contribution >= 0.6 is 0 Å². The third-order valence-electron chi connectivity index (χ3n) is 4.97. The predicted molar refractivity (Wildman–Crippen MR) is 87.6 cm³/mol. The Morgan fingerprint density at radius 1 is 1.24 bits per heavy atom. The number of benzene rings is 1. The zero-order chi connectivity index (χ0) is 15.1. The van der Waals surface area contributed by atoms with Crippen LogP contribution in [0.3, 0.4) is 0 Å². The predicted octanol–water partition coefficient (Wildman–Crippen LogP) is 3.12. The fourth-order valence-corrected chi connectivity index (χ4v) is 3.61. The average molecular weight is 283 g/mol. The van der Waals surface area contributed by atoms with E-state index in [1.54, 1.807) is 0 Å². The van der Waals surface area contributed by atoms with Crippen LogP contribution in [0, 0.1) is 13.8 Å². The molecule has 3 rings (SSSR count). The smallest absolute Gasteiger partial charge is 0.0674 e. The molecular formula is C18H25N3. The van der Waals surface area contributed by atoms with Crippen LogP contribution in [0.1, 0.15) is 28.9 Å². The highest BCUT2D eigenvalue weighted by Gasteiger charge is 2.24. The van der Waals surface area contributed by atoms with E-state index in [0.29, 0.717) is 6.04 Å². The van der Waals surface area contributed by atoms with Crippen molar-refractivity contribution >= 4 is 0 Å². The molecule has 0 saturated carbocycles. The van der Waals surface area contributed by atoms with Gasteiger partial charge in [0.25, 0.3) is 0 Å². The summed E-state index contributed by atoms with van der Waals surface area (Å²) in [4.78, 5) is 2.36. The standard InChI is InChI=1S/C18H25N3/c1-12-18(13(2)21(5)19-12)16-8-6-7-14-9-10-15(20(3)4)11-17(14)16/h6-8,15H,9-11H2,1-5H3/t15-/m0/s1. The van der Waals surface area contributed by atoms with Crippen molar-refractivity contribution in [3.8, 4) is 11.1 Å². The maximum atomic E-state index is 4.60. The third-order valence-corrected chi connectivity index (χ3v) is 4.97. The van der Waals surface area contributed by atoms with Crippen molar-refractivity contribution in [2.45, 2.75) is 39.2 Å². The molecule has 1 aromatic heterocycles. The number of hydrogen-bond donors (Lipinski definition) is 0.